The summed E-state index contributed by atoms with van der Waals surface area (Å²) in [5, 5.41) is 3.81. The first kappa shape index (κ1) is 28.5. The fraction of sp³-hybridized carbons (Fsp3) is 0.0417. The van der Waals surface area contributed by atoms with E-state index in [-0.39, 0.29) is 0 Å². The molecule has 50 heavy (non-hydrogen) atoms. The molecule has 10 rings (SSSR count). The molecule has 0 fully saturated rings. The molecule has 1 aliphatic rings. The maximum absolute atomic E-state index is 3.48. The van der Waals surface area contributed by atoms with Crippen molar-refractivity contribution in [2.24, 2.45) is 0 Å². The molecule has 2 aromatic heterocycles. The van der Waals surface area contributed by atoms with Crippen molar-refractivity contribution in [2.45, 2.75) is 12.8 Å². The third-order valence-corrected chi connectivity index (χ3v) is 10.2. The van der Waals surface area contributed by atoms with E-state index in [1.54, 1.807) is 0 Å². The van der Waals surface area contributed by atoms with Crippen LogP contribution in [-0.2, 0) is 6.42 Å². The Morgan fingerprint density at radius 3 is 1.88 bits per heavy atom. The summed E-state index contributed by atoms with van der Waals surface area (Å²) in [6.45, 7) is 0. The highest BCUT2D eigenvalue weighted by Crippen LogP contribution is 2.44. The fourth-order valence-corrected chi connectivity index (χ4v) is 8.03. The molecule has 9 aromatic rings. The van der Waals surface area contributed by atoms with Gasteiger partial charge in [-0.1, -0.05) is 127 Å². The number of fused-ring (bicyclic) bond motifs is 6. The van der Waals surface area contributed by atoms with Gasteiger partial charge < -0.3 is 9.13 Å². The molecule has 0 saturated carbocycles. The molecule has 0 unspecified atom stereocenters. The van der Waals surface area contributed by atoms with Gasteiger partial charge >= 0.3 is 0 Å². The topological polar surface area (TPSA) is 9.86 Å². The van der Waals surface area contributed by atoms with Crippen LogP contribution < -0.4 is 0 Å². The number of aromatic nitrogens is 2. The van der Waals surface area contributed by atoms with E-state index in [4.69, 9.17) is 0 Å². The summed E-state index contributed by atoms with van der Waals surface area (Å²) >= 11 is 0. The summed E-state index contributed by atoms with van der Waals surface area (Å²) in [6, 6.07) is 63.7. The average molecular weight is 637 g/mol. The molecule has 0 saturated heterocycles. The number of para-hydroxylation sites is 2. The SMILES string of the molecule is c1cccc(-c2cc(-c3ccccc3)cc(-c3ccccc3)c2-n2c3c(c4cc(-n5c6ccccc6c6ccccc65)ccc42)C=CCC3)c#1. The van der Waals surface area contributed by atoms with Crippen LogP contribution in [-0.4, -0.2) is 9.13 Å². The van der Waals surface area contributed by atoms with Crippen molar-refractivity contribution in [3.8, 4) is 44.8 Å². The fourth-order valence-electron chi connectivity index (χ4n) is 8.03. The van der Waals surface area contributed by atoms with Gasteiger partial charge in [0.05, 0.1) is 22.2 Å². The van der Waals surface area contributed by atoms with Crippen molar-refractivity contribution in [2.75, 3.05) is 0 Å². The first-order chi connectivity index (χ1) is 24.8. The van der Waals surface area contributed by atoms with E-state index in [2.05, 4.69) is 185 Å². The summed E-state index contributed by atoms with van der Waals surface area (Å²) in [5.74, 6) is 0. The van der Waals surface area contributed by atoms with Crippen LogP contribution in [0.15, 0.2) is 164 Å². The molecular weight excluding hydrogens is 605 g/mol. The average Bonchev–Trinajstić information content (AvgIpc) is 3.71. The Kier molecular flexibility index (Phi) is 6.57. The molecule has 0 N–H and O–H groups in total. The van der Waals surface area contributed by atoms with Crippen LogP contribution in [0.2, 0.25) is 0 Å². The number of allylic oxidation sites excluding steroid dienone is 1. The van der Waals surface area contributed by atoms with Gasteiger partial charge in [0.15, 0.2) is 0 Å². The van der Waals surface area contributed by atoms with Crippen molar-refractivity contribution >= 4 is 38.8 Å². The molecule has 0 spiro atoms. The zero-order valence-electron chi connectivity index (χ0n) is 27.5. The van der Waals surface area contributed by atoms with Gasteiger partial charge in [-0.2, -0.15) is 0 Å². The van der Waals surface area contributed by atoms with Crippen LogP contribution in [0.1, 0.15) is 17.7 Å². The van der Waals surface area contributed by atoms with E-state index in [0.717, 1.165) is 24.0 Å². The van der Waals surface area contributed by atoms with Gasteiger partial charge in [-0.3, -0.25) is 0 Å². The second-order valence-electron chi connectivity index (χ2n) is 13.1. The Bertz CT molecular complexity index is 2610. The minimum atomic E-state index is 0.962. The molecule has 1 aliphatic carbocycles. The Morgan fingerprint density at radius 1 is 0.500 bits per heavy atom. The highest BCUT2D eigenvalue weighted by atomic mass is 15.0. The van der Waals surface area contributed by atoms with Crippen LogP contribution >= 0.6 is 0 Å². The number of nitrogens with zero attached hydrogens (tertiary/aromatic N) is 2. The monoisotopic (exact) mass is 636 g/mol. The van der Waals surface area contributed by atoms with Crippen LogP contribution in [0.4, 0.5) is 0 Å². The summed E-state index contributed by atoms with van der Waals surface area (Å²) in [4.78, 5) is 0. The lowest BCUT2D eigenvalue weighted by atomic mass is 9.91. The molecule has 234 valence electrons. The number of rotatable bonds is 5. The minimum Gasteiger partial charge on any atom is -0.312 e. The molecule has 0 bridgehead atoms. The first-order valence-electron chi connectivity index (χ1n) is 17.3. The quantitative estimate of drug-likeness (QED) is 0.178. The Morgan fingerprint density at radius 2 is 1.16 bits per heavy atom. The lowest BCUT2D eigenvalue weighted by Crippen LogP contribution is -2.07. The smallest absolute Gasteiger partial charge is 0.0622 e. The maximum atomic E-state index is 3.48. The largest absolute Gasteiger partial charge is 0.312 e. The minimum absolute atomic E-state index is 0.962. The van der Waals surface area contributed by atoms with Crippen LogP contribution in [0.3, 0.4) is 0 Å². The highest BCUT2D eigenvalue weighted by molar-refractivity contribution is 6.09. The molecular formula is C48H32N2. The van der Waals surface area contributed by atoms with Gasteiger partial charge in [-0.25, -0.2) is 0 Å². The predicted molar refractivity (Wildman–Crippen MR) is 209 cm³/mol. The molecule has 2 heteroatoms. The number of hydrogen-bond acceptors (Lipinski definition) is 0. The first-order valence-corrected chi connectivity index (χ1v) is 17.3. The van der Waals surface area contributed by atoms with Gasteiger partial charge in [-0.15, -0.1) is 0 Å². The van der Waals surface area contributed by atoms with E-state index in [1.807, 2.05) is 6.07 Å². The normalized spacial score (nSPS) is 12.4. The lowest BCUT2D eigenvalue weighted by molar-refractivity contribution is 0.890. The molecule has 0 amide bonds. The second kappa shape index (κ2) is 11.5. The van der Waals surface area contributed by atoms with Crippen molar-refractivity contribution < 1.29 is 0 Å². The van der Waals surface area contributed by atoms with Crippen LogP contribution in [0, 0.1) is 12.1 Å². The number of hydrogen-bond donors (Lipinski definition) is 0. The van der Waals surface area contributed by atoms with Crippen molar-refractivity contribution in [1.29, 1.82) is 0 Å². The van der Waals surface area contributed by atoms with E-state index >= 15 is 0 Å². The third kappa shape index (κ3) is 4.45. The zero-order chi connectivity index (χ0) is 33.0. The van der Waals surface area contributed by atoms with Gasteiger partial charge in [-0.05, 0) is 84.1 Å². The molecule has 0 atom stereocenters. The lowest BCUT2D eigenvalue weighted by Gasteiger charge is -2.22. The maximum Gasteiger partial charge on any atom is 0.0622 e. The molecule has 2 heterocycles. The second-order valence-corrected chi connectivity index (χ2v) is 13.1. The van der Waals surface area contributed by atoms with Gasteiger partial charge in [0.2, 0.25) is 0 Å². The van der Waals surface area contributed by atoms with Crippen LogP contribution in [0.25, 0.3) is 83.5 Å². The molecule has 2 nitrogen and oxygen atoms in total. The van der Waals surface area contributed by atoms with Crippen LogP contribution in [0.5, 0.6) is 0 Å². The van der Waals surface area contributed by atoms with E-state index < -0.39 is 0 Å². The zero-order valence-corrected chi connectivity index (χ0v) is 27.5. The highest BCUT2D eigenvalue weighted by Gasteiger charge is 2.25. The Balaban J connectivity index is 1.30. The Labute approximate surface area is 291 Å². The molecule has 0 radical (unpaired) electrons. The van der Waals surface area contributed by atoms with E-state index in [0.29, 0.717) is 0 Å². The summed E-state index contributed by atoms with van der Waals surface area (Å²) in [6.07, 6.45) is 6.64. The standard InChI is InChI=1S/C48H32N2/c1-4-16-33(17-5-1)36-30-41(34-18-6-2-7-19-34)48(42(31-36)35-20-8-3-9-21-35)50-46-27-15-12-24-40(46)43-32-37(28-29-47(43)50)49-44-25-13-10-22-38(44)39-23-11-14-26-45(39)49/h1-8,10-14,16-20,22-26,28-32H,15,27H2. The van der Waals surface area contributed by atoms with Crippen molar-refractivity contribution in [3.05, 3.63) is 187 Å². The molecule has 0 aliphatic heterocycles. The van der Waals surface area contributed by atoms with Crippen molar-refractivity contribution in [3.63, 3.8) is 0 Å². The molecule has 7 aromatic carbocycles. The summed E-state index contributed by atoms with van der Waals surface area (Å²) < 4.78 is 4.97. The summed E-state index contributed by atoms with van der Waals surface area (Å²) in [5.41, 5.74) is 15.6. The summed E-state index contributed by atoms with van der Waals surface area (Å²) in [7, 11) is 0. The van der Waals surface area contributed by atoms with Gasteiger partial charge in [0.25, 0.3) is 0 Å². The van der Waals surface area contributed by atoms with Crippen molar-refractivity contribution in [1.82, 2.24) is 9.13 Å². The Hall–Kier alpha value is -6.56. The number of benzene rings is 6. The van der Waals surface area contributed by atoms with Gasteiger partial charge in [0.1, 0.15) is 0 Å². The predicted octanol–water partition coefficient (Wildman–Crippen LogP) is 12.3. The third-order valence-electron chi connectivity index (χ3n) is 10.2. The van der Waals surface area contributed by atoms with Gasteiger partial charge in [0, 0.05) is 49.8 Å². The van der Waals surface area contributed by atoms with E-state index in [1.165, 1.54) is 77.6 Å². The van der Waals surface area contributed by atoms with E-state index in [9.17, 15) is 0 Å².